The number of hydrogen-bond acceptors (Lipinski definition) is 29. The Morgan fingerprint density at radius 1 is 0.582 bits per heavy atom. The number of hydrogen-bond donors (Lipinski definition) is 4. The summed E-state index contributed by atoms with van der Waals surface area (Å²) in [5.41, 5.74) is 3.19. The van der Waals surface area contributed by atoms with Crippen LogP contribution in [-0.2, 0) is 116 Å². The van der Waals surface area contributed by atoms with Crippen molar-refractivity contribution in [3.63, 3.8) is 0 Å². The molecule has 0 radical (unpaired) electrons. The average molecular weight is 1370 g/mol. The quantitative estimate of drug-likeness (QED) is 0.0217. The topological polar surface area (TPSA) is 442 Å². The molecule has 7 rings (SSSR count). The van der Waals surface area contributed by atoms with Gasteiger partial charge in [-0.1, -0.05) is 54.6 Å². The van der Waals surface area contributed by atoms with Gasteiger partial charge >= 0.3 is 60.0 Å². The number of carbonyl (C=O) groups excluding carboxylic acids is 13. The number of esters is 8. The molecule has 4 amide bonds. The SMILES string of the molecule is COC(=O)[C@H]1O[C@H](NC(=O)CCC[C@H](NC(=O)OCC2c3ccccc3-c3ccccc32)C(=O)NCCC(=O)Nc2cc(COC(=O)Oc3ccc([N+](=O)[O-])cc3)ccc2O[C@@H]2O[C@H](C(=O)OC)[C@@H](OC(C)=O)[C@H](OC(C)=O)[C@H]2OC(C)=O)[C@H](OC(C)=O)[C@@H](OC(C)=O)[C@@H]1OC(C)=O. The summed E-state index contributed by atoms with van der Waals surface area (Å²) >= 11 is 0. The van der Waals surface area contributed by atoms with Crippen LogP contribution in [0.25, 0.3) is 11.1 Å². The van der Waals surface area contributed by atoms with Gasteiger partial charge in [0, 0.05) is 79.0 Å². The molecule has 2 saturated heterocycles. The average Bonchev–Trinajstić information content (AvgIpc) is 1.26. The van der Waals surface area contributed by atoms with Crippen LogP contribution in [-0.4, -0.2) is 177 Å². The number of methoxy groups -OCH3 is 2. The van der Waals surface area contributed by atoms with Gasteiger partial charge in [0.1, 0.15) is 30.8 Å². The van der Waals surface area contributed by atoms with E-state index < -0.39 is 182 Å². The second kappa shape index (κ2) is 34.4. The highest BCUT2D eigenvalue weighted by Gasteiger charge is 2.57. The van der Waals surface area contributed by atoms with Gasteiger partial charge in [0.05, 0.1) is 24.8 Å². The number of alkyl carbamates (subject to hydrolysis) is 1. The number of benzene rings is 4. The fraction of sp³-hybridized carbons (Fsp3) is 0.422. The summed E-state index contributed by atoms with van der Waals surface area (Å²) in [5.74, 6) is -11.7. The van der Waals surface area contributed by atoms with Crippen molar-refractivity contribution in [1.29, 1.82) is 0 Å². The number of fused-ring (bicyclic) bond motifs is 3. The molecule has 11 atom stereocenters. The summed E-state index contributed by atoms with van der Waals surface area (Å²) in [7, 11) is 1.94. The zero-order chi connectivity index (χ0) is 71.5. The molecule has 98 heavy (non-hydrogen) atoms. The third-order valence-electron chi connectivity index (χ3n) is 14.7. The van der Waals surface area contributed by atoms with Crippen LogP contribution in [0.5, 0.6) is 11.5 Å². The van der Waals surface area contributed by atoms with E-state index in [-0.39, 0.29) is 47.9 Å². The predicted octanol–water partition coefficient (Wildman–Crippen LogP) is 3.71. The van der Waals surface area contributed by atoms with Gasteiger partial charge in [-0.15, -0.1) is 0 Å². The number of nitro groups is 1. The van der Waals surface area contributed by atoms with Crippen molar-refractivity contribution in [2.24, 2.45) is 0 Å². The summed E-state index contributed by atoms with van der Waals surface area (Å²) < 4.78 is 76.1. The van der Waals surface area contributed by atoms with Crippen LogP contribution < -0.4 is 30.7 Å². The molecule has 34 nitrogen and oxygen atoms in total. The summed E-state index contributed by atoms with van der Waals surface area (Å²) in [5, 5.41) is 21.3. The second-order valence-electron chi connectivity index (χ2n) is 21.8. The molecule has 4 N–H and O–H groups in total. The van der Waals surface area contributed by atoms with Crippen molar-refractivity contribution in [2.45, 2.75) is 147 Å². The monoisotopic (exact) mass is 1370 g/mol. The maximum Gasteiger partial charge on any atom is 0.514 e. The Balaban J connectivity index is 1.11. The van der Waals surface area contributed by atoms with Gasteiger partial charge in [0.2, 0.25) is 30.1 Å². The first-order valence-electron chi connectivity index (χ1n) is 30.0. The molecule has 0 saturated carbocycles. The zero-order valence-electron chi connectivity index (χ0n) is 53.8. The molecule has 4 aromatic rings. The molecule has 0 bridgehead atoms. The summed E-state index contributed by atoms with van der Waals surface area (Å²) in [6.07, 6.45) is -21.9. The Morgan fingerprint density at radius 3 is 1.65 bits per heavy atom. The Hall–Kier alpha value is -11.3. The lowest BCUT2D eigenvalue weighted by Gasteiger charge is -2.43. The Morgan fingerprint density at radius 2 is 1.10 bits per heavy atom. The van der Waals surface area contributed by atoms with Gasteiger partial charge in [0.15, 0.2) is 49.0 Å². The van der Waals surface area contributed by atoms with Crippen LogP contribution in [0.4, 0.5) is 21.0 Å². The number of non-ortho nitro benzene ring substituents is 1. The van der Waals surface area contributed by atoms with E-state index in [1.807, 2.05) is 48.5 Å². The van der Waals surface area contributed by atoms with E-state index in [0.29, 0.717) is 0 Å². The molecule has 34 heteroatoms. The third kappa shape index (κ3) is 20.1. The summed E-state index contributed by atoms with van der Waals surface area (Å²) in [6.45, 7) is 4.63. The molecule has 2 aliphatic heterocycles. The molecule has 1 aliphatic carbocycles. The van der Waals surface area contributed by atoms with Gasteiger partial charge in [-0.05, 0) is 64.9 Å². The van der Waals surface area contributed by atoms with Crippen LogP contribution in [0.3, 0.4) is 0 Å². The van der Waals surface area contributed by atoms with E-state index >= 15 is 0 Å². The van der Waals surface area contributed by atoms with Gasteiger partial charge in [-0.25, -0.2) is 19.2 Å². The van der Waals surface area contributed by atoms with Gasteiger partial charge < -0.3 is 87.6 Å². The number of nitrogens with one attached hydrogen (secondary N) is 4. The molecule has 0 spiro atoms. The second-order valence-corrected chi connectivity index (χ2v) is 21.8. The maximum atomic E-state index is 14.2. The minimum absolute atomic E-state index is 0.120. The lowest BCUT2D eigenvalue weighted by Crippen LogP contribution is -2.67. The molecular weight excluding hydrogens is 1300 g/mol. The number of ether oxygens (including phenoxy) is 14. The number of nitro benzene ring substituents is 1. The number of anilines is 1. The van der Waals surface area contributed by atoms with Crippen LogP contribution in [0, 0.1) is 10.1 Å². The van der Waals surface area contributed by atoms with Gasteiger partial charge in [-0.2, -0.15) is 0 Å². The van der Waals surface area contributed by atoms with Crippen LogP contribution in [0.2, 0.25) is 0 Å². The minimum Gasteiger partial charge on any atom is -0.467 e. The first kappa shape index (κ1) is 74.1. The molecule has 524 valence electrons. The highest BCUT2D eigenvalue weighted by molar-refractivity contribution is 5.93. The van der Waals surface area contributed by atoms with E-state index in [1.165, 1.54) is 18.2 Å². The minimum atomic E-state index is -1.95. The molecule has 4 aromatic carbocycles. The molecule has 3 aliphatic rings. The van der Waals surface area contributed by atoms with E-state index in [1.54, 1.807) is 0 Å². The lowest BCUT2D eigenvalue weighted by molar-refractivity contribution is -0.384. The van der Waals surface area contributed by atoms with Crippen LogP contribution in [0.1, 0.15) is 89.8 Å². The van der Waals surface area contributed by atoms with E-state index in [2.05, 4.69) is 21.3 Å². The number of carbonyl (C=O) groups is 13. The fourth-order valence-electron chi connectivity index (χ4n) is 10.7. The molecule has 0 aromatic heterocycles. The first-order chi connectivity index (χ1) is 46.6. The Labute approximate surface area is 557 Å². The predicted molar refractivity (Wildman–Crippen MR) is 326 cm³/mol. The molecular formula is C64H69N5O29. The third-order valence-corrected chi connectivity index (χ3v) is 14.7. The Bertz CT molecular complexity index is 3630. The molecule has 0 unspecified atom stereocenters. The number of nitrogens with zero attached hydrogens (tertiary/aromatic N) is 1. The fourth-order valence-corrected chi connectivity index (χ4v) is 10.7. The summed E-state index contributed by atoms with van der Waals surface area (Å²) in [4.78, 5) is 180. The highest BCUT2D eigenvalue weighted by Crippen LogP contribution is 2.45. The van der Waals surface area contributed by atoms with Crippen molar-refractivity contribution in [1.82, 2.24) is 16.0 Å². The normalized spacial score (nSPS) is 20.8. The van der Waals surface area contributed by atoms with E-state index in [4.69, 9.17) is 66.3 Å². The van der Waals surface area contributed by atoms with Crippen LogP contribution in [0.15, 0.2) is 91.0 Å². The molecule has 2 heterocycles. The van der Waals surface area contributed by atoms with Crippen molar-refractivity contribution in [3.05, 3.63) is 118 Å². The standard InChI is InChI=1S/C64H69N5O29/c1-31(70)89-50-51(90-32(2)71)55(60(79)85-7)97-59(54(50)93-35(5)74)68-48(76)19-13-18-45(67-63(81)87-30-44-42-16-11-9-14-40(42)41-15-10-12-17-43(41)44)58(78)65-27-26-49(77)66-46-28-37(29-88-64(82)95-39-23-21-38(22-24-39)69(83)84)20-25-47(46)96-62-57(94-36(6)75)53(92-34(4)73)52(91-33(3)72)56(98-62)61(80)86-8/h9-12,14-17,20-25,28,44-45,50-57,59,62H,13,18-19,26-27,29-30H2,1-8H3,(H,65,78)(H,66,77)(H,67,81)(H,68,76)/t45-,50-,51-,52-,53-,54+,55-,56-,57+,59-,62+/m0/s1. The maximum absolute atomic E-state index is 14.2. The lowest BCUT2D eigenvalue weighted by atomic mass is 9.96. The zero-order valence-corrected chi connectivity index (χ0v) is 53.8. The largest absolute Gasteiger partial charge is 0.514 e. The van der Waals surface area contributed by atoms with E-state index in [9.17, 15) is 72.4 Å². The smallest absolute Gasteiger partial charge is 0.467 e. The van der Waals surface area contributed by atoms with E-state index in [0.717, 1.165) is 102 Å². The van der Waals surface area contributed by atoms with Crippen molar-refractivity contribution in [2.75, 3.05) is 32.7 Å². The van der Waals surface area contributed by atoms with Gasteiger partial charge in [-0.3, -0.25) is 53.3 Å². The first-order valence-corrected chi connectivity index (χ1v) is 30.0. The van der Waals surface area contributed by atoms with Crippen molar-refractivity contribution < 1.29 is 134 Å². The number of rotatable bonds is 27. The summed E-state index contributed by atoms with van der Waals surface area (Å²) in [6, 6.07) is 21.7. The van der Waals surface area contributed by atoms with Crippen molar-refractivity contribution >= 4 is 89.1 Å². The van der Waals surface area contributed by atoms with Crippen LogP contribution >= 0.6 is 0 Å². The Kier molecular flexibility index (Phi) is 26.0. The molecule has 2 fully saturated rings. The van der Waals surface area contributed by atoms with Crippen molar-refractivity contribution in [3.8, 4) is 22.6 Å². The number of amides is 4. The highest BCUT2D eigenvalue weighted by atomic mass is 16.7. The van der Waals surface area contributed by atoms with Gasteiger partial charge in [0.25, 0.3) is 5.69 Å².